The number of rotatable bonds is 3. The van der Waals surface area contributed by atoms with Crippen molar-refractivity contribution in [2.24, 2.45) is 10.9 Å². The smallest absolute Gasteiger partial charge is 0.219 e. The number of carbonyl (C=O) groups excluding carboxylic acids is 1. The average Bonchev–Trinajstić information content (AvgIpc) is 3.17. The third-order valence-corrected chi connectivity index (χ3v) is 6.54. The number of nitrogens with one attached hydrogen (secondary N) is 1. The highest BCUT2D eigenvalue weighted by Gasteiger charge is 2.31. The Morgan fingerprint density at radius 3 is 2.56 bits per heavy atom. The van der Waals surface area contributed by atoms with E-state index in [1.807, 2.05) is 23.3 Å². The van der Waals surface area contributed by atoms with Gasteiger partial charge in [-0.05, 0) is 43.8 Å². The standard InChI is InChI=1S/C19H31N5OS.HI/c1-15(25)23-9-11-24(12-10-23)19(20-2)21-14-16-6-4-8-22(3)18(16)17-7-5-13-26-17;/h5,7,13,16,18H,4,6,8-12,14H2,1-3H3,(H,20,21);1H. The number of nitrogens with zero attached hydrogens (tertiary/aromatic N) is 4. The van der Waals surface area contributed by atoms with Crippen molar-refractivity contribution in [3.8, 4) is 0 Å². The fourth-order valence-corrected chi connectivity index (χ4v) is 5.15. The summed E-state index contributed by atoms with van der Waals surface area (Å²) in [5.74, 6) is 1.71. The second-order valence-electron chi connectivity index (χ2n) is 7.26. The first-order valence-electron chi connectivity index (χ1n) is 9.55. The van der Waals surface area contributed by atoms with Gasteiger partial charge in [0.05, 0.1) is 0 Å². The number of thiophene rings is 1. The highest BCUT2D eigenvalue weighted by Crippen LogP contribution is 2.36. The predicted octanol–water partition coefficient (Wildman–Crippen LogP) is 2.49. The van der Waals surface area contributed by atoms with Gasteiger partial charge in [-0.2, -0.15) is 0 Å². The zero-order valence-corrected chi connectivity index (χ0v) is 19.7. The molecule has 152 valence electrons. The topological polar surface area (TPSA) is 51.2 Å². The van der Waals surface area contributed by atoms with Gasteiger partial charge in [-0.15, -0.1) is 35.3 Å². The molecule has 0 bridgehead atoms. The quantitative estimate of drug-likeness (QED) is 0.390. The predicted molar refractivity (Wildman–Crippen MR) is 123 cm³/mol. The summed E-state index contributed by atoms with van der Waals surface area (Å²) in [4.78, 5) is 24.1. The zero-order chi connectivity index (χ0) is 18.5. The van der Waals surface area contributed by atoms with Gasteiger partial charge in [0.25, 0.3) is 0 Å². The first-order chi connectivity index (χ1) is 12.6. The third kappa shape index (κ3) is 5.57. The summed E-state index contributed by atoms with van der Waals surface area (Å²) in [6, 6.07) is 4.91. The van der Waals surface area contributed by atoms with Crippen molar-refractivity contribution in [2.75, 3.05) is 53.4 Å². The minimum atomic E-state index is 0. The van der Waals surface area contributed by atoms with Crippen molar-refractivity contribution < 1.29 is 4.79 Å². The summed E-state index contributed by atoms with van der Waals surface area (Å²) in [5.41, 5.74) is 0. The van der Waals surface area contributed by atoms with Crippen LogP contribution in [-0.2, 0) is 4.79 Å². The van der Waals surface area contributed by atoms with Gasteiger partial charge in [0.15, 0.2) is 5.96 Å². The molecule has 3 heterocycles. The van der Waals surface area contributed by atoms with Crippen LogP contribution < -0.4 is 5.32 Å². The van der Waals surface area contributed by atoms with E-state index in [9.17, 15) is 4.79 Å². The molecule has 1 N–H and O–H groups in total. The number of piperazine rings is 1. The van der Waals surface area contributed by atoms with E-state index in [0.717, 1.165) is 38.7 Å². The number of piperidine rings is 1. The van der Waals surface area contributed by atoms with Crippen LogP contribution in [0.25, 0.3) is 0 Å². The van der Waals surface area contributed by atoms with Gasteiger partial charge < -0.3 is 15.1 Å². The Balaban J connectivity index is 0.00000261. The van der Waals surface area contributed by atoms with Gasteiger partial charge in [0, 0.05) is 57.6 Å². The molecule has 0 saturated carbocycles. The van der Waals surface area contributed by atoms with Crippen LogP contribution in [0.2, 0.25) is 0 Å². The average molecular weight is 505 g/mol. The van der Waals surface area contributed by atoms with Crippen LogP contribution in [0, 0.1) is 5.92 Å². The van der Waals surface area contributed by atoms with Crippen molar-refractivity contribution in [1.29, 1.82) is 0 Å². The molecule has 1 aromatic heterocycles. The molecule has 2 saturated heterocycles. The van der Waals surface area contributed by atoms with Crippen molar-refractivity contribution in [2.45, 2.75) is 25.8 Å². The minimum absolute atomic E-state index is 0. The molecule has 0 spiro atoms. The molecule has 2 fully saturated rings. The Bertz CT molecular complexity index is 616. The molecule has 2 unspecified atom stereocenters. The number of amides is 1. The molecule has 6 nitrogen and oxygen atoms in total. The normalized spacial score (nSPS) is 24.5. The van der Waals surface area contributed by atoms with Crippen LogP contribution in [0.1, 0.15) is 30.7 Å². The highest BCUT2D eigenvalue weighted by atomic mass is 127. The van der Waals surface area contributed by atoms with Crippen LogP contribution in [0.4, 0.5) is 0 Å². The molecule has 8 heteroatoms. The van der Waals surface area contributed by atoms with Crippen molar-refractivity contribution in [3.63, 3.8) is 0 Å². The number of carbonyl (C=O) groups is 1. The number of halogens is 1. The Labute approximate surface area is 184 Å². The zero-order valence-electron chi connectivity index (χ0n) is 16.6. The summed E-state index contributed by atoms with van der Waals surface area (Å²) in [7, 11) is 4.09. The lowest BCUT2D eigenvalue weighted by Gasteiger charge is -2.40. The molecule has 0 aromatic carbocycles. The van der Waals surface area contributed by atoms with Crippen LogP contribution in [0.5, 0.6) is 0 Å². The monoisotopic (exact) mass is 505 g/mol. The van der Waals surface area contributed by atoms with E-state index in [4.69, 9.17) is 0 Å². The lowest BCUT2D eigenvalue weighted by Crippen LogP contribution is -2.54. The lowest BCUT2D eigenvalue weighted by molar-refractivity contribution is -0.130. The maximum atomic E-state index is 11.5. The summed E-state index contributed by atoms with van der Waals surface area (Å²) in [5, 5.41) is 5.79. The number of likely N-dealkylation sites (tertiary alicyclic amines) is 1. The molecule has 2 aliphatic heterocycles. The molecular formula is C19H32IN5OS. The Morgan fingerprint density at radius 1 is 1.26 bits per heavy atom. The van der Waals surface area contributed by atoms with E-state index in [-0.39, 0.29) is 29.9 Å². The fourth-order valence-electron chi connectivity index (χ4n) is 4.17. The van der Waals surface area contributed by atoms with E-state index in [0.29, 0.717) is 12.0 Å². The second kappa shape index (κ2) is 10.6. The largest absolute Gasteiger partial charge is 0.356 e. The van der Waals surface area contributed by atoms with Gasteiger partial charge in [-0.1, -0.05) is 6.07 Å². The molecule has 2 atom stereocenters. The van der Waals surface area contributed by atoms with E-state index >= 15 is 0 Å². The second-order valence-corrected chi connectivity index (χ2v) is 8.24. The summed E-state index contributed by atoms with van der Waals surface area (Å²) < 4.78 is 0. The fraction of sp³-hybridized carbons (Fsp3) is 0.684. The molecule has 2 aliphatic rings. The number of hydrogen-bond donors (Lipinski definition) is 1. The Kier molecular flexibility index (Phi) is 8.81. The maximum absolute atomic E-state index is 11.5. The SMILES string of the molecule is CN=C(NCC1CCCN(C)C1c1cccs1)N1CCN(C(C)=O)CC1.I. The van der Waals surface area contributed by atoms with Crippen LogP contribution in [-0.4, -0.2) is 79.9 Å². The maximum Gasteiger partial charge on any atom is 0.219 e. The highest BCUT2D eigenvalue weighted by molar-refractivity contribution is 14.0. The van der Waals surface area contributed by atoms with Crippen molar-refractivity contribution in [1.82, 2.24) is 20.0 Å². The van der Waals surface area contributed by atoms with Crippen molar-refractivity contribution in [3.05, 3.63) is 22.4 Å². The van der Waals surface area contributed by atoms with E-state index in [2.05, 4.69) is 44.7 Å². The van der Waals surface area contributed by atoms with Gasteiger partial charge in [-0.3, -0.25) is 14.7 Å². The number of guanidine groups is 1. The molecule has 3 rings (SSSR count). The van der Waals surface area contributed by atoms with E-state index in [1.54, 1.807) is 6.92 Å². The molecule has 27 heavy (non-hydrogen) atoms. The summed E-state index contributed by atoms with van der Waals surface area (Å²) in [6.45, 7) is 7.00. The molecule has 0 aliphatic carbocycles. The van der Waals surface area contributed by atoms with Gasteiger partial charge >= 0.3 is 0 Å². The van der Waals surface area contributed by atoms with Gasteiger partial charge in [-0.25, -0.2) is 0 Å². The van der Waals surface area contributed by atoms with Crippen LogP contribution in [0.15, 0.2) is 22.5 Å². The Hall–Kier alpha value is -0.870. The summed E-state index contributed by atoms with van der Waals surface area (Å²) in [6.07, 6.45) is 2.50. The van der Waals surface area contributed by atoms with Crippen LogP contribution >= 0.6 is 35.3 Å². The van der Waals surface area contributed by atoms with E-state index in [1.165, 1.54) is 24.3 Å². The first-order valence-corrected chi connectivity index (χ1v) is 10.4. The van der Waals surface area contributed by atoms with Crippen molar-refractivity contribution >= 4 is 47.2 Å². The molecule has 0 radical (unpaired) electrons. The summed E-state index contributed by atoms with van der Waals surface area (Å²) >= 11 is 1.86. The third-order valence-electron chi connectivity index (χ3n) is 5.60. The Morgan fingerprint density at radius 2 is 1.96 bits per heavy atom. The number of aliphatic imine (C=N–C) groups is 1. The molecule has 1 amide bonds. The number of hydrogen-bond acceptors (Lipinski definition) is 4. The lowest BCUT2D eigenvalue weighted by atomic mass is 9.88. The molecular weight excluding hydrogens is 473 g/mol. The molecule has 1 aromatic rings. The van der Waals surface area contributed by atoms with Gasteiger partial charge in [0.1, 0.15) is 0 Å². The first kappa shape index (κ1) is 22.4. The van der Waals surface area contributed by atoms with E-state index < -0.39 is 0 Å². The minimum Gasteiger partial charge on any atom is -0.356 e. The van der Waals surface area contributed by atoms with Crippen LogP contribution in [0.3, 0.4) is 0 Å². The van der Waals surface area contributed by atoms with Gasteiger partial charge in [0.2, 0.25) is 5.91 Å².